The summed E-state index contributed by atoms with van der Waals surface area (Å²) in [5, 5.41) is 8.02. The van der Waals surface area contributed by atoms with Gasteiger partial charge in [-0.05, 0) is 30.3 Å². The lowest BCUT2D eigenvalue weighted by molar-refractivity contribution is -0.116. The van der Waals surface area contributed by atoms with Crippen LogP contribution in [0.5, 0.6) is 0 Å². The molecule has 0 spiro atoms. The van der Waals surface area contributed by atoms with Gasteiger partial charge in [0.1, 0.15) is 30.3 Å². The van der Waals surface area contributed by atoms with E-state index >= 15 is 0 Å². The van der Waals surface area contributed by atoms with Gasteiger partial charge in [0.2, 0.25) is 11.5 Å². The second kappa shape index (κ2) is 7.12. The van der Waals surface area contributed by atoms with Gasteiger partial charge >= 0.3 is 0 Å². The molecule has 10 heteroatoms. The molecule has 0 unspecified atom stereocenters. The van der Waals surface area contributed by atoms with E-state index in [0.717, 1.165) is 5.39 Å². The van der Waals surface area contributed by atoms with Crippen LogP contribution in [-0.2, 0) is 11.3 Å². The Hall–Kier alpha value is -3.98. The minimum atomic E-state index is -0.436. The summed E-state index contributed by atoms with van der Waals surface area (Å²) in [7, 11) is 0. The van der Waals surface area contributed by atoms with Crippen molar-refractivity contribution in [2.75, 3.05) is 5.32 Å². The first-order valence-corrected chi connectivity index (χ1v) is 9.29. The largest absolute Gasteiger partial charge is 0.448 e. The number of fused-ring (bicyclic) bond motifs is 3. The predicted octanol–water partition coefficient (Wildman–Crippen LogP) is 3.02. The molecule has 9 nitrogen and oxygen atoms in total. The molecule has 5 aromatic rings. The Morgan fingerprint density at radius 3 is 2.87 bits per heavy atom. The van der Waals surface area contributed by atoms with Crippen LogP contribution in [0.1, 0.15) is 0 Å². The summed E-state index contributed by atoms with van der Waals surface area (Å²) in [5.41, 5.74) is 1.73. The number of nitrogens with one attached hydrogen (secondary N) is 1. The second-order valence-corrected chi connectivity index (χ2v) is 6.94. The zero-order chi connectivity index (χ0) is 20.7. The Balaban J connectivity index is 1.46. The van der Waals surface area contributed by atoms with Gasteiger partial charge in [-0.15, -0.1) is 0 Å². The van der Waals surface area contributed by atoms with Gasteiger partial charge in [0.25, 0.3) is 5.56 Å². The van der Waals surface area contributed by atoms with Crippen LogP contribution < -0.4 is 10.9 Å². The molecular formula is C20H13ClN6O3. The third-order valence-corrected chi connectivity index (χ3v) is 4.80. The molecule has 0 radical (unpaired) electrons. The third-order valence-electron chi connectivity index (χ3n) is 4.56. The van der Waals surface area contributed by atoms with Gasteiger partial charge < -0.3 is 9.73 Å². The lowest BCUT2D eigenvalue weighted by Crippen LogP contribution is -2.28. The summed E-state index contributed by atoms with van der Waals surface area (Å²) >= 11 is 6.08. The summed E-state index contributed by atoms with van der Waals surface area (Å²) in [6, 6.07) is 12.2. The van der Waals surface area contributed by atoms with Gasteiger partial charge in [-0.1, -0.05) is 23.7 Å². The maximum atomic E-state index is 12.8. The Kier molecular flexibility index (Phi) is 4.29. The number of carbonyl (C=O) groups excluding carboxylic acids is 1. The average molecular weight is 421 g/mol. The highest BCUT2D eigenvalue weighted by Gasteiger charge is 2.16. The van der Waals surface area contributed by atoms with Crippen LogP contribution in [0, 0.1) is 0 Å². The van der Waals surface area contributed by atoms with Gasteiger partial charge in [0.15, 0.2) is 0 Å². The predicted molar refractivity (Wildman–Crippen MR) is 111 cm³/mol. The number of anilines is 1. The number of para-hydroxylation sites is 1. The molecule has 0 aliphatic carbocycles. The SMILES string of the molecule is O=C(Cn1cnc2c(oc3ccccc32)c1=O)Nc1cc(Cl)ccc1-n1cncn1. The number of hydrogen-bond acceptors (Lipinski definition) is 6. The summed E-state index contributed by atoms with van der Waals surface area (Å²) < 4.78 is 8.34. The fourth-order valence-electron chi connectivity index (χ4n) is 3.21. The van der Waals surface area contributed by atoms with Gasteiger partial charge in [-0.25, -0.2) is 14.6 Å². The molecule has 0 aliphatic rings. The van der Waals surface area contributed by atoms with Gasteiger partial charge in [-0.3, -0.25) is 14.2 Å². The quantitative estimate of drug-likeness (QED) is 0.479. The molecular weight excluding hydrogens is 408 g/mol. The van der Waals surface area contributed by atoms with E-state index in [1.807, 2.05) is 18.2 Å². The van der Waals surface area contributed by atoms with Crippen molar-refractivity contribution in [3.8, 4) is 5.69 Å². The molecule has 0 fully saturated rings. The number of amides is 1. The van der Waals surface area contributed by atoms with Crippen molar-refractivity contribution in [2.45, 2.75) is 6.54 Å². The smallest absolute Gasteiger partial charge is 0.297 e. The zero-order valence-electron chi connectivity index (χ0n) is 15.3. The Morgan fingerprint density at radius 2 is 2.03 bits per heavy atom. The number of halogens is 1. The Labute approximate surface area is 173 Å². The molecule has 0 saturated heterocycles. The maximum absolute atomic E-state index is 12.8. The van der Waals surface area contributed by atoms with E-state index in [-0.39, 0.29) is 12.1 Å². The second-order valence-electron chi connectivity index (χ2n) is 6.50. The molecule has 1 amide bonds. The summed E-state index contributed by atoms with van der Waals surface area (Å²) in [5.74, 6) is -0.432. The number of furan rings is 1. The molecule has 2 aromatic carbocycles. The molecule has 3 heterocycles. The van der Waals surface area contributed by atoms with Crippen LogP contribution in [-0.4, -0.2) is 30.2 Å². The van der Waals surface area contributed by atoms with Gasteiger partial charge in [0.05, 0.1) is 17.7 Å². The van der Waals surface area contributed by atoms with Crippen LogP contribution in [0.4, 0.5) is 5.69 Å². The highest BCUT2D eigenvalue weighted by molar-refractivity contribution is 6.31. The summed E-state index contributed by atoms with van der Waals surface area (Å²) in [4.78, 5) is 33.7. The van der Waals surface area contributed by atoms with Crippen molar-refractivity contribution >= 4 is 45.3 Å². The Morgan fingerprint density at radius 1 is 1.17 bits per heavy atom. The molecule has 0 bridgehead atoms. The van der Waals surface area contributed by atoms with E-state index in [9.17, 15) is 9.59 Å². The van der Waals surface area contributed by atoms with E-state index in [0.29, 0.717) is 27.5 Å². The molecule has 30 heavy (non-hydrogen) atoms. The van der Waals surface area contributed by atoms with E-state index in [1.54, 1.807) is 24.3 Å². The third kappa shape index (κ3) is 3.11. The molecule has 1 N–H and O–H groups in total. The van der Waals surface area contributed by atoms with Crippen molar-refractivity contribution in [3.05, 3.63) is 76.8 Å². The fraction of sp³-hybridized carbons (Fsp3) is 0.0500. The van der Waals surface area contributed by atoms with E-state index in [4.69, 9.17) is 16.0 Å². The highest BCUT2D eigenvalue weighted by atomic mass is 35.5. The maximum Gasteiger partial charge on any atom is 0.297 e. The number of rotatable bonds is 4. The summed E-state index contributed by atoms with van der Waals surface area (Å²) in [6.45, 7) is -0.248. The monoisotopic (exact) mass is 420 g/mol. The van der Waals surface area contributed by atoms with Crippen LogP contribution in [0.2, 0.25) is 5.02 Å². The number of carbonyl (C=O) groups is 1. The van der Waals surface area contributed by atoms with Crippen molar-refractivity contribution < 1.29 is 9.21 Å². The average Bonchev–Trinajstić information content (AvgIpc) is 3.38. The lowest BCUT2D eigenvalue weighted by atomic mass is 10.2. The van der Waals surface area contributed by atoms with Gasteiger partial charge in [-0.2, -0.15) is 5.10 Å². The standard InChI is InChI=1S/C20H13ClN6O3/c21-12-5-6-15(27-10-22-9-24-27)14(7-12)25-17(28)8-26-11-23-18-13-3-1-2-4-16(13)30-19(18)20(26)29/h1-7,9-11H,8H2,(H,25,28). The number of nitrogens with zero attached hydrogens (tertiary/aromatic N) is 5. The first kappa shape index (κ1) is 18.1. The van der Waals surface area contributed by atoms with E-state index in [1.165, 1.54) is 28.2 Å². The number of hydrogen-bond donors (Lipinski definition) is 1. The van der Waals surface area contributed by atoms with Crippen molar-refractivity contribution in [1.82, 2.24) is 24.3 Å². The van der Waals surface area contributed by atoms with Crippen molar-refractivity contribution in [1.29, 1.82) is 0 Å². The fourth-order valence-corrected chi connectivity index (χ4v) is 3.39. The van der Waals surface area contributed by atoms with Crippen LogP contribution in [0.25, 0.3) is 27.8 Å². The molecule has 0 atom stereocenters. The van der Waals surface area contributed by atoms with Crippen molar-refractivity contribution in [3.63, 3.8) is 0 Å². The van der Waals surface area contributed by atoms with Crippen molar-refractivity contribution in [2.24, 2.45) is 0 Å². The molecule has 5 rings (SSSR count). The Bertz CT molecular complexity index is 1460. The zero-order valence-corrected chi connectivity index (χ0v) is 16.1. The van der Waals surface area contributed by atoms with Crippen LogP contribution in [0.3, 0.4) is 0 Å². The lowest BCUT2D eigenvalue weighted by Gasteiger charge is -2.12. The van der Waals surface area contributed by atoms with Gasteiger partial charge in [0, 0.05) is 10.4 Å². The molecule has 0 aliphatic heterocycles. The number of aromatic nitrogens is 5. The molecule has 148 valence electrons. The number of benzene rings is 2. The first-order valence-electron chi connectivity index (χ1n) is 8.91. The molecule has 0 saturated carbocycles. The normalized spacial score (nSPS) is 11.2. The first-order chi connectivity index (χ1) is 14.6. The highest BCUT2D eigenvalue weighted by Crippen LogP contribution is 2.25. The van der Waals surface area contributed by atoms with Crippen LogP contribution in [0.15, 0.2) is 70.7 Å². The van der Waals surface area contributed by atoms with E-state index < -0.39 is 11.5 Å². The topological polar surface area (TPSA) is 108 Å². The summed E-state index contributed by atoms with van der Waals surface area (Å²) in [6.07, 6.45) is 4.22. The van der Waals surface area contributed by atoms with Crippen LogP contribution >= 0.6 is 11.6 Å². The van der Waals surface area contributed by atoms with E-state index in [2.05, 4.69) is 20.4 Å². The minimum Gasteiger partial charge on any atom is -0.448 e. The molecule has 3 aromatic heterocycles. The minimum absolute atomic E-state index is 0.109.